The summed E-state index contributed by atoms with van der Waals surface area (Å²) < 4.78 is 13.6. The van der Waals surface area contributed by atoms with Crippen LogP contribution < -0.4 is 0 Å². The highest BCUT2D eigenvalue weighted by Gasteiger charge is 2.30. The van der Waals surface area contributed by atoms with Crippen LogP contribution in [0, 0.1) is 5.82 Å². The molecule has 0 aliphatic heterocycles. The van der Waals surface area contributed by atoms with Gasteiger partial charge in [-0.1, -0.05) is 72.8 Å². The molecule has 2 atom stereocenters. The molecule has 3 heteroatoms. The van der Waals surface area contributed by atoms with Crippen LogP contribution in [-0.4, -0.2) is 15.6 Å². The minimum absolute atomic E-state index is 0.0639. The third kappa shape index (κ3) is 5.99. The van der Waals surface area contributed by atoms with E-state index in [2.05, 4.69) is 48.2 Å². The smallest absolute Gasteiger partial charge is 0.123 e. The number of rotatable bonds is 8. The van der Waals surface area contributed by atoms with E-state index in [9.17, 15) is 9.50 Å². The van der Waals surface area contributed by atoms with Gasteiger partial charge in [-0.05, 0) is 56.0 Å². The fraction of sp³-hybridized carbons (Fsp3) is 0.308. The molecule has 0 spiro atoms. The molecule has 0 saturated heterocycles. The molecule has 3 rings (SSSR count). The normalized spacial score (nSPS) is 14.0. The van der Waals surface area contributed by atoms with Crippen molar-refractivity contribution in [1.29, 1.82) is 0 Å². The van der Waals surface area contributed by atoms with Crippen molar-refractivity contribution in [2.24, 2.45) is 0 Å². The molecular formula is C26H30FNO. The fourth-order valence-corrected chi connectivity index (χ4v) is 3.82. The Balaban J connectivity index is 2.04. The van der Waals surface area contributed by atoms with Gasteiger partial charge in [-0.2, -0.15) is 0 Å². The molecule has 0 radical (unpaired) electrons. The summed E-state index contributed by atoms with van der Waals surface area (Å²) in [5.74, 6) is -0.249. The van der Waals surface area contributed by atoms with E-state index in [1.165, 1.54) is 23.3 Å². The molecule has 3 aromatic rings. The minimum atomic E-state index is -0.857. The van der Waals surface area contributed by atoms with E-state index in [-0.39, 0.29) is 17.9 Å². The van der Waals surface area contributed by atoms with Gasteiger partial charge in [0.2, 0.25) is 0 Å². The topological polar surface area (TPSA) is 23.5 Å². The molecule has 0 aliphatic rings. The van der Waals surface area contributed by atoms with E-state index in [0.29, 0.717) is 6.42 Å². The monoisotopic (exact) mass is 391 g/mol. The van der Waals surface area contributed by atoms with Crippen LogP contribution in [0.4, 0.5) is 4.39 Å². The molecule has 0 bridgehead atoms. The van der Waals surface area contributed by atoms with Gasteiger partial charge in [0.25, 0.3) is 0 Å². The third-order valence-corrected chi connectivity index (χ3v) is 5.34. The Bertz CT molecular complexity index is 872. The maximum atomic E-state index is 13.6. The zero-order valence-corrected chi connectivity index (χ0v) is 17.4. The average molecular weight is 392 g/mol. The quantitative estimate of drug-likeness (QED) is 0.488. The van der Waals surface area contributed by atoms with Gasteiger partial charge in [0.1, 0.15) is 5.82 Å². The van der Waals surface area contributed by atoms with Gasteiger partial charge >= 0.3 is 0 Å². The summed E-state index contributed by atoms with van der Waals surface area (Å²) in [5.41, 5.74) is 2.57. The van der Waals surface area contributed by atoms with E-state index >= 15 is 0 Å². The number of hydrogen-bond acceptors (Lipinski definition) is 2. The third-order valence-electron chi connectivity index (χ3n) is 5.34. The van der Waals surface area contributed by atoms with E-state index in [1.807, 2.05) is 50.2 Å². The number of hydrogen-bond donors (Lipinski definition) is 1. The first kappa shape index (κ1) is 21.2. The van der Waals surface area contributed by atoms with Crippen LogP contribution in [0.3, 0.4) is 0 Å². The van der Waals surface area contributed by atoms with Crippen molar-refractivity contribution in [3.8, 4) is 0 Å². The van der Waals surface area contributed by atoms with Crippen LogP contribution in [0.5, 0.6) is 0 Å². The van der Waals surface area contributed by atoms with Crippen LogP contribution >= 0.6 is 0 Å². The molecule has 2 nitrogen and oxygen atoms in total. The number of benzene rings is 3. The lowest BCUT2D eigenvalue weighted by Gasteiger charge is -2.39. The molecule has 152 valence electrons. The van der Waals surface area contributed by atoms with Gasteiger partial charge < -0.3 is 5.11 Å². The van der Waals surface area contributed by atoms with Gasteiger partial charge in [-0.25, -0.2) is 4.39 Å². The SMILES string of the molecule is C[C@@H](c1ccccc1)N(Cc1ccccc1)[C@H](CC(C)(C)O)c1ccc(F)cc1. The van der Waals surface area contributed by atoms with Gasteiger partial charge in [-0.3, -0.25) is 4.90 Å². The summed E-state index contributed by atoms with van der Waals surface area (Å²) in [6.07, 6.45) is 0.544. The lowest BCUT2D eigenvalue weighted by Crippen LogP contribution is -2.36. The fourth-order valence-electron chi connectivity index (χ4n) is 3.82. The summed E-state index contributed by atoms with van der Waals surface area (Å²) in [6, 6.07) is 27.5. The van der Waals surface area contributed by atoms with Crippen LogP contribution in [-0.2, 0) is 6.54 Å². The maximum absolute atomic E-state index is 13.6. The zero-order valence-electron chi connectivity index (χ0n) is 17.4. The predicted octanol–water partition coefficient (Wildman–Crippen LogP) is 6.29. The lowest BCUT2D eigenvalue weighted by atomic mass is 9.90. The average Bonchev–Trinajstić information content (AvgIpc) is 2.71. The molecular weight excluding hydrogens is 361 g/mol. The first-order valence-corrected chi connectivity index (χ1v) is 10.2. The van der Waals surface area contributed by atoms with Crippen molar-refractivity contribution in [3.63, 3.8) is 0 Å². The second-order valence-electron chi connectivity index (χ2n) is 8.33. The molecule has 0 fully saturated rings. The predicted molar refractivity (Wildman–Crippen MR) is 117 cm³/mol. The number of nitrogens with zero attached hydrogens (tertiary/aromatic N) is 1. The molecule has 0 heterocycles. The Labute approximate surface area is 173 Å². The second-order valence-corrected chi connectivity index (χ2v) is 8.33. The van der Waals surface area contributed by atoms with Gasteiger partial charge in [-0.15, -0.1) is 0 Å². The van der Waals surface area contributed by atoms with Crippen molar-refractivity contribution < 1.29 is 9.50 Å². The van der Waals surface area contributed by atoms with E-state index in [0.717, 1.165) is 12.1 Å². The molecule has 0 unspecified atom stereocenters. The molecule has 0 amide bonds. The highest BCUT2D eigenvalue weighted by molar-refractivity contribution is 5.25. The van der Waals surface area contributed by atoms with Crippen LogP contribution in [0.2, 0.25) is 0 Å². The first-order chi connectivity index (χ1) is 13.8. The minimum Gasteiger partial charge on any atom is -0.390 e. The van der Waals surface area contributed by atoms with Crippen molar-refractivity contribution in [2.75, 3.05) is 0 Å². The Morgan fingerprint density at radius 3 is 1.93 bits per heavy atom. The number of aliphatic hydroxyl groups is 1. The van der Waals surface area contributed by atoms with Crippen LogP contribution in [0.1, 0.15) is 56.0 Å². The maximum Gasteiger partial charge on any atom is 0.123 e. The molecule has 3 aromatic carbocycles. The van der Waals surface area contributed by atoms with Gasteiger partial charge in [0.15, 0.2) is 0 Å². The molecule has 1 N–H and O–H groups in total. The Hall–Kier alpha value is -2.49. The second kappa shape index (κ2) is 9.34. The van der Waals surface area contributed by atoms with Gasteiger partial charge in [0, 0.05) is 18.6 Å². The van der Waals surface area contributed by atoms with Crippen molar-refractivity contribution in [2.45, 2.75) is 51.4 Å². The van der Waals surface area contributed by atoms with Crippen molar-refractivity contribution in [1.82, 2.24) is 4.90 Å². The summed E-state index contributed by atoms with van der Waals surface area (Å²) >= 11 is 0. The van der Waals surface area contributed by atoms with Crippen LogP contribution in [0.15, 0.2) is 84.9 Å². The zero-order chi connectivity index (χ0) is 20.9. The Kier molecular flexibility index (Phi) is 6.83. The number of halogens is 1. The molecule has 0 aromatic heterocycles. The highest BCUT2D eigenvalue weighted by atomic mass is 19.1. The van der Waals surface area contributed by atoms with Crippen molar-refractivity contribution in [3.05, 3.63) is 107 Å². The molecule has 0 saturated carbocycles. The van der Waals surface area contributed by atoms with Crippen LogP contribution in [0.25, 0.3) is 0 Å². The highest BCUT2D eigenvalue weighted by Crippen LogP contribution is 2.37. The summed E-state index contributed by atoms with van der Waals surface area (Å²) in [6.45, 7) is 6.59. The van der Waals surface area contributed by atoms with E-state index < -0.39 is 5.60 Å². The Morgan fingerprint density at radius 1 is 0.828 bits per heavy atom. The lowest BCUT2D eigenvalue weighted by molar-refractivity contribution is 0.0183. The summed E-state index contributed by atoms with van der Waals surface area (Å²) in [7, 11) is 0. The standard InChI is InChI=1S/C26H30FNO/c1-20(22-12-8-5-9-13-22)28(19-21-10-6-4-7-11-21)25(18-26(2,3)29)23-14-16-24(27)17-15-23/h4-17,20,25,29H,18-19H2,1-3H3/t20-,25+/m0/s1. The van der Waals surface area contributed by atoms with E-state index in [1.54, 1.807) is 0 Å². The van der Waals surface area contributed by atoms with Crippen molar-refractivity contribution >= 4 is 0 Å². The molecule has 29 heavy (non-hydrogen) atoms. The summed E-state index contributed by atoms with van der Waals surface area (Å²) in [5, 5.41) is 10.7. The van der Waals surface area contributed by atoms with Gasteiger partial charge in [0.05, 0.1) is 5.60 Å². The largest absolute Gasteiger partial charge is 0.390 e. The first-order valence-electron chi connectivity index (χ1n) is 10.2. The summed E-state index contributed by atoms with van der Waals surface area (Å²) in [4.78, 5) is 2.40. The Morgan fingerprint density at radius 2 is 1.38 bits per heavy atom. The van der Waals surface area contributed by atoms with E-state index in [4.69, 9.17) is 0 Å². The molecule has 0 aliphatic carbocycles.